The van der Waals surface area contributed by atoms with Crippen LogP contribution in [0, 0.1) is 0 Å². The highest BCUT2D eigenvalue weighted by Crippen LogP contribution is 2.16. The minimum Gasteiger partial charge on any atom is -0.478 e. The molecule has 0 aliphatic carbocycles. The molecule has 1 aliphatic rings. The number of carbonyl (C=O) groups excluding carboxylic acids is 2. The molecule has 1 saturated heterocycles. The highest BCUT2D eigenvalue weighted by Gasteiger charge is 2.20. The second-order valence-corrected chi connectivity index (χ2v) is 6.78. The molecule has 3 rings (SSSR count). The maximum absolute atomic E-state index is 12.6. The number of aromatic carboxylic acids is 1. The van der Waals surface area contributed by atoms with Crippen LogP contribution in [0.2, 0.25) is 0 Å². The second kappa shape index (κ2) is 8.03. The van der Waals surface area contributed by atoms with E-state index in [2.05, 4.69) is 0 Å². The van der Waals surface area contributed by atoms with Gasteiger partial charge in [0.1, 0.15) is 0 Å². The van der Waals surface area contributed by atoms with Crippen LogP contribution in [0.25, 0.3) is 0 Å². The SMILES string of the molecule is CN(Cc1ccc(C(=O)O)cc1)C(=O)c1ccc(CN2CCCC2=O)cc1. The zero-order chi connectivity index (χ0) is 19.4. The summed E-state index contributed by atoms with van der Waals surface area (Å²) in [4.78, 5) is 38.6. The molecule has 1 N–H and O–H groups in total. The molecule has 1 fully saturated rings. The molecule has 2 amide bonds. The Labute approximate surface area is 158 Å². The first kappa shape index (κ1) is 18.6. The first-order chi connectivity index (χ1) is 12.9. The van der Waals surface area contributed by atoms with Gasteiger partial charge in [0.05, 0.1) is 5.56 Å². The molecule has 6 nitrogen and oxygen atoms in total. The van der Waals surface area contributed by atoms with Crippen molar-refractivity contribution in [2.24, 2.45) is 0 Å². The molecule has 0 bridgehead atoms. The summed E-state index contributed by atoms with van der Waals surface area (Å²) in [6, 6.07) is 13.8. The Kier molecular flexibility index (Phi) is 5.54. The van der Waals surface area contributed by atoms with Crippen LogP contribution in [0.3, 0.4) is 0 Å². The van der Waals surface area contributed by atoms with Gasteiger partial charge in [0.15, 0.2) is 0 Å². The number of amides is 2. The standard InChI is InChI=1S/C21H22N2O4/c1-22(13-15-6-10-18(11-7-15)21(26)27)20(25)17-8-4-16(5-9-17)14-23-12-2-3-19(23)24/h4-11H,2-3,12-14H2,1H3,(H,26,27). The monoisotopic (exact) mass is 366 g/mol. The van der Waals surface area contributed by atoms with Crippen molar-refractivity contribution in [3.63, 3.8) is 0 Å². The highest BCUT2D eigenvalue weighted by atomic mass is 16.4. The number of carbonyl (C=O) groups is 3. The number of hydrogen-bond acceptors (Lipinski definition) is 3. The van der Waals surface area contributed by atoms with Gasteiger partial charge in [-0.1, -0.05) is 24.3 Å². The summed E-state index contributed by atoms with van der Waals surface area (Å²) in [5, 5.41) is 8.93. The van der Waals surface area contributed by atoms with Crippen LogP contribution in [0.15, 0.2) is 48.5 Å². The van der Waals surface area contributed by atoms with Crippen molar-refractivity contribution in [2.45, 2.75) is 25.9 Å². The zero-order valence-corrected chi connectivity index (χ0v) is 15.2. The summed E-state index contributed by atoms with van der Waals surface area (Å²) in [6.45, 7) is 1.77. The molecular weight excluding hydrogens is 344 g/mol. The first-order valence-corrected chi connectivity index (χ1v) is 8.88. The van der Waals surface area contributed by atoms with Crippen molar-refractivity contribution in [3.8, 4) is 0 Å². The summed E-state index contributed by atoms with van der Waals surface area (Å²) in [6.07, 6.45) is 1.53. The molecule has 1 aliphatic heterocycles. The average Bonchev–Trinajstić information content (AvgIpc) is 3.07. The van der Waals surface area contributed by atoms with Crippen molar-refractivity contribution in [3.05, 3.63) is 70.8 Å². The van der Waals surface area contributed by atoms with Crippen LogP contribution in [-0.4, -0.2) is 46.3 Å². The summed E-state index contributed by atoms with van der Waals surface area (Å²) in [7, 11) is 1.71. The third-order valence-corrected chi connectivity index (χ3v) is 4.71. The summed E-state index contributed by atoms with van der Waals surface area (Å²) < 4.78 is 0. The van der Waals surface area contributed by atoms with Crippen LogP contribution in [-0.2, 0) is 17.9 Å². The molecule has 2 aromatic rings. The molecule has 0 unspecified atom stereocenters. The predicted molar refractivity (Wildman–Crippen MR) is 100 cm³/mol. The Bertz CT molecular complexity index is 843. The quantitative estimate of drug-likeness (QED) is 0.853. The fourth-order valence-corrected chi connectivity index (χ4v) is 3.16. The summed E-state index contributed by atoms with van der Waals surface area (Å²) in [5.74, 6) is -0.897. The summed E-state index contributed by atoms with van der Waals surface area (Å²) >= 11 is 0. The lowest BCUT2D eigenvalue weighted by atomic mass is 10.1. The highest BCUT2D eigenvalue weighted by molar-refractivity contribution is 5.94. The first-order valence-electron chi connectivity index (χ1n) is 8.88. The normalized spacial score (nSPS) is 13.7. The van der Waals surface area contributed by atoms with Gasteiger partial charge in [-0.2, -0.15) is 0 Å². The predicted octanol–water partition coefficient (Wildman–Crippen LogP) is 2.78. The average molecular weight is 366 g/mol. The van der Waals surface area contributed by atoms with Gasteiger partial charge < -0.3 is 14.9 Å². The number of likely N-dealkylation sites (tertiary alicyclic amines) is 1. The number of nitrogens with zero attached hydrogens (tertiary/aromatic N) is 2. The molecule has 0 saturated carbocycles. The van der Waals surface area contributed by atoms with Gasteiger partial charge in [-0.15, -0.1) is 0 Å². The van der Waals surface area contributed by atoms with E-state index in [0.717, 1.165) is 24.1 Å². The number of benzene rings is 2. The maximum Gasteiger partial charge on any atom is 0.335 e. The van der Waals surface area contributed by atoms with Crippen molar-refractivity contribution in [1.29, 1.82) is 0 Å². The Morgan fingerprint density at radius 1 is 1.00 bits per heavy atom. The van der Waals surface area contributed by atoms with Gasteiger partial charge in [0, 0.05) is 38.7 Å². The number of carboxylic acid groups (broad SMARTS) is 1. The lowest BCUT2D eigenvalue weighted by Gasteiger charge is -2.18. The lowest BCUT2D eigenvalue weighted by Crippen LogP contribution is -2.26. The van der Waals surface area contributed by atoms with Crippen LogP contribution < -0.4 is 0 Å². The fourth-order valence-electron chi connectivity index (χ4n) is 3.16. The number of carboxylic acids is 1. The molecular formula is C21H22N2O4. The van der Waals surface area contributed by atoms with E-state index < -0.39 is 5.97 Å². The van der Waals surface area contributed by atoms with Crippen molar-refractivity contribution in [1.82, 2.24) is 9.80 Å². The molecule has 27 heavy (non-hydrogen) atoms. The van der Waals surface area contributed by atoms with Gasteiger partial charge in [0.25, 0.3) is 5.91 Å². The minimum atomic E-state index is -0.971. The fraction of sp³-hybridized carbons (Fsp3) is 0.286. The third-order valence-electron chi connectivity index (χ3n) is 4.71. The van der Waals surface area contributed by atoms with Crippen LogP contribution in [0.5, 0.6) is 0 Å². The van der Waals surface area contributed by atoms with Gasteiger partial charge in [-0.05, 0) is 41.8 Å². The van der Waals surface area contributed by atoms with E-state index in [-0.39, 0.29) is 17.4 Å². The van der Waals surface area contributed by atoms with E-state index in [1.54, 1.807) is 36.2 Å². The van der Waals surface area contributed by atoms with E-state index in [1.165, 1.54) is 12.1 Å². The van der Waals surface area contributed by atoms with Gasteiger partial charge in [-0.25, -0.2) is 4.79 Å². The molecule has 2 aromatic carbocycles. The smallest absolute Gasteiger partial charge is 0.335 e. The Morgan fingerprint density at radius 3 is 2.15 bits per heavy atom. The third kappa shape index (κ3) is 4.53. The molecule has 0 spiro atoms. The zero-order valence-electron chi connectivity index (χ0n) is 15.2. The molecule has 0 atom stereocenters. The van der Waals surface area contributed by atoms with Gasteiger partial charge in [-0.3, -0.25) is 9.59 Å². The Hall–Kier alpha value is -3.15. The molecule has 0 aromatic heterocycles. The second-order valence-electron chi connectivity index (χ2n) is 6.78. The number of hydrogen-bond donors (Lipinski definition) is 1. The van der Waals surface area contributed by atoms with Crippen molar-refractivity contribution >= 4 is 17.8 Å². The topological polar surface area (TPSA) is 77.9 Å². The summed E-state index contributed by atoms with van der Waals surface area (Å²) in [5.41, 5.74) is 2.67. The molecule has 6 heteroatoms. The van der Waals surface area contributed by atoms with E-state index >= 15 is 0 Å². The molecule has 140 valence electrons. The van der Waals surface area contributed by atoms with Crippen LogP contribution in [0.4, 0.5) is 0 Å². The van der Waals surface area contributed by atoms with Crippen molar-refractivity contribution in [2.75, 3.05) is 13.6 Å². The molecule has 0 radical (unpaired) electrons. The largest absolute Gasteiger partial charge is 0.478 e. The van der Waals surface area contributed by atoms with Crippen LogP contribution >= 0.6 is 0 Å². The number of rotatable bonds is 6. The van der Waals surface area contributed by atoms with Gasteiger partial charge in [0.2, 0.25) is 5.91 Å². The Morgan fingerprint density at radius 2 is 1.59 bits per heavy atom. The minimum absolute atomic E-state index is 0.110. The van der Waals surface area contributed by atoms with E-state index in [1.807, 2.05) is 17.0 Å². The maximum atomic E-state index is 12.6. The van der Waals surface area contributed by atoms with E-state index in [4.69, 9.17) is 5.11 Å². The Balaban J connectivity index is 1.60. The van der Waals surface area contributed by atoms with Crippen LogP contribution in [0.1, 0.15) is 44.7 Å². The van der Waals surface area contributed by atoms with Gasteiger partial charge >= 0.3 is 5.97 Å². The molecule has 1 heterocycles. The van der Waals surface area contributed by atoms with Crippen molar-refractivity contribution < 1.29 is 19.5 Å². The van der Waals surface area contributed by atoms with E-state index in [9.17, 15) is 14.4 Å². The van der Waals surface area contributed by atoms with E-state index in [0.29, 0.717) is 25.1 Å². The lowest BCUT2D eigenvalue weighted by molar-refractivity contribution is -0.128.